The van der Waals surface area contributed by atoms with Crippen LogP contribution in [0.25, 0.3) is 0 Å². The van der Waals surface area contributed by atoms with Crippen LogP contribution >= 0.6 is 11.6 Å². The highest BCUT2D eigenvalue weighted by Crippen LogP contribution is 2.20. The largest absolute Gasteiger partial charge is 0.324 e. The molecule has 0 spiro atoms. The molecule has 3 nitrogen and oxygen atoms in total. The van der Waals surface area contributed by atoms with Gasteiger partial charge in [0.1, 0.15) is 0 Å². The minimum atomic E-state index is -0.538. The number of hydrogen-bond acceptors (Lipinski definition) is 2. The molecule has 0 bridgehead atoms. The molecule has 21 heavy (non-hydrogen) atoms. The molecule has 2 aromatic rings. The van der Waals surface area contributed by atoms with Gasteiger partial charge in [-0.2, -0.15) is 0 Å². The number of nitrogens with one attached hydrogen (secondary N) is 1. The first kappa shape index (κ1) is 15.5. The van der Waals surface area contributed by atoms with Crippen molar-refractivity contribution in [1.82, 2.24) is 0 Å². The Morgan fingerprint density at radius 3 is 2.67 bits per heavy atom. The fourth-order valence-corrected chi connectivity index (χ4v) is 2.22. The SMILES string of the molecule is Cc1ccc(Cl)cc1NC(=O)[C@@H](N)CCc1ccccc1. The lowest BCUT2D eigenvalue weighted by molar-refractivity contribution is -0.117. The normalized spacial score (nSPS) is 12.0. The van der Waals surface area contributed by atoms with Crippen molar-refractivity contribution in [2.45, 2.75) is 25.8 Å². The van der Waals surface area contributed by atoms with Crippen LogP contribution < -0.4 is 11.1 Å². The minimum absolute atomic E-state index is 0.184. The molecule has 1 amide bonds. The lowest BCUT2D eigenvalue weighted by Crippen LogP contribution is -2.36. The first-order chi connectivity index (χ1) is 10.1. The molecule has 3 N–H and O–H groups in total. The van der Waals surface area contributed by atoms with Gasteiger partial charge in [0.15, 0.2) is 0 Å². The Balaban J connectivity index is 1.92. The lowest BCUT2D eigenvalue weighted by atomic mass is 10.1. The van der Waals surface area contributed by atoms with Gasteiger partial charge < -0.3 is 11.1 Å². The molecule has 4 heteroatoms. The van der Waals surface area contributed by atoms with E-state index in [0.717, 1.165) is 12.0 Å². The highest BCUT2D eigenvalue weighted by molar-refractivity contribution is 6.31. The van der Waals surface area contributed by atoms with Crippen molar-refractivity contribution in [3.05, 3.63) is 64.7 Å². The van der Waals surface area contributed by atoms with Gasteiger partial charge in [0.2, 0.25) is 5.91 Å². The number of carbonyl (C=O) groups excluding carboxylic acids is 1. The van der Waals surface area contributed by atoms with E-state index in [-0.39, 0.29) is 5.91 Å². The molecule has 0 saturated heterocycles. The van der Waals surface area contributed by atoms with E-state index in [9.17, 15) is 4.79 Å². The topological polar surface area (TPSA) is 55.1 Å². The van der Waals surface area contributed by atoms with Gasteiger partial charge in [0.25, 0.3) is 0 Å². The number of rotatable bonds is 5. The number of benzene rings is 2. The molecule has 2 rings (SSSR count). The summed E-state index contributed by atoms with van der Waals surface area (Å²) in [5.74, 6) is -0.184. The van der Waals surface area contributed by atoms with E-state index in [1.165, 1.54) is 5.56 Å². The van der Waals surface area contributed by atoms with E-state index in [1.54, 1.807) is 12.1 Å². The van der Waals surface area contributed by atoms with Crippen molar-refractivity contribution in [2.75, 3.05) is 5.32 Å². The monoisotopic (exact) mass is 302 g/mol. The minimum Gasteiger partial charge on any atom is -0.324 e. The van der Waals surface area contributed by atoms with Gasteiger partial charge in [-0.05, 0) is 43.0 Å². The number of hydrogen-bond donors (Lipinski definition) is 2. The molecule has 0 unspecified atom stereocenters. The van der Waals surface area contributed by atoms with Crippen molar-refractivity contribution in [3.63, 3.8) is 0 Å². The van der Waals surface area contributed by atoms with E-state index >= 15 is 0 Å². The van der Waals surface area contributed by atoms with E-state index in [1.807, 2.05) is 43.3 Å². The van der Waals surface area contributed by atoms with Crippen molar-refractivity contribution in [1.29, 1.82) is 0 Å². The molecule has 0 radical (unpaired) electrons. The summed E-state index contributed by atoms with van der Waals surface area (Å²) in [6.45, 7) is 1.92. The summed E-state index contributed by atoms with van der Waals surface area (Å²) in [5, 5.41) is 3.43. The van der Waals surface area contributed by atoms with E-state index in [2.05, 4.69) is 5.32 Å². The zero-order chi connectivity index (χ0) is 15.2. The Labute approximate surface area is 130 Å². The zero-order valence-electron chi connectivity index (χ0n) is 12.0. The van der Waals surface area contributed by atoms with Crippen LogP contribution in [0.1, 0.15) is 17.5 Å². The van der Waals surface area contributed by atoms with Gasteiger partial charge >= 0.3 is 0 Å². The van der Waals surface area contributed by atoms with Crippen LogP contribution in [-0.4, -0.2) is 11.9 Å². The van der Waals surface area contributed by atoms with Crippen LogP contribution in [0.2, 0.25) is 5.02 Å². The van der Waals surface area contributed by atoms with E-state index in [4.69, 9.17) is 17.3 Å². The predicted molar refractivity (Wildman–Crippen MR) is 87.6 cm³/mol. The molecule has 0 aliphatic rings. The highest BCUT2D eigenvalue weighted by Gasteiger charge is 2.14. The fraction of sp³-hybridized carbons (Fsp3) is 0.235. The van der Waals surface area contributed by atoms with Gasteiger partial charge in [-0.15, -0.1) is 0 Å². The quantitative estimate of drug-likeness (QED) is 0.887. The maximum atomic E-state index is 12.1. The Morgan fingerprint density at radius 1 is 1.24 bits per heavy atom. The maximum absolute atomic E-state index is 12.1. The van der Waals surface area contributed by atoms with E-state index < -0.39 is 6.04 Å². The number of amides is 1. The molecule has 0 saturated carbocycles. The summed E-state index contributed by atoms with van der Waals surface area (Å²) in [6, 6.07) is 14.9. The summed E-state index contributed by atoms with van der Waals surface area (Å²) in [4.78, 5) is 12.1. The fourth-order valence-electron chi connectivity index (χ4n) is 2.05. The second-order valence-electron chi connectivity index (χ2n) is 5.08. The Bertz CT molecular complexity index is 613. The van der Waals surface area contributed by atoms with Crippen LogP contribution in [0.5, 0.6) is 0 Å². The van der Waals surface area contributed by atoms with Crippen molar-refractivity contribution in [2.24, 2.45) is 5.73 Å². The van der Waals surface area contributed by atoms with Crippen molar-refractivity contribution in [3.8, 4) is 0 Å². The lowest BCUT2D eigenvalue weighted by Gasteiger charge is -2.14. The summed E-state index contributed by atoms with van der Waals surface area (Å²) < 4.78 is 0. The Hall–Kier alpha value is -1.84. The van der Waals surface area contributed by atoms with Crippen LogP contribution in [0.4, 0.5) is 5.69 Å². The third-order valence-electron chi connectivity index (χ3n) is 3.38. The number of halogens is 1. The molecule has 110 valence electrons. The van der Waals surface area contributed by atoms with Crippen LogP contribution in [0.15, 0.2) is 48.5 Å². The predicted octanol–water partition coefficient (Wildman–Crippen LogP) is 3.55. The van der Waals surface area contributed by atoms with Gasteiger partial charge in [0.05, 0.1) is 6.04 Å². The van der Waals surface area contributed by atoms with Gasteiger partial charge in [-0.25, -0.2) is 0 Å². The molecular formula is C17H19ClN2O. The first-order valence-electron chi connectivity index (χ1n) is 6.93. The number of nitrogens with two attached hydrogens (primary N) is 1. The molecule has 0 fully saturated rings. The third kappa shape index (κ3) is 4.59. The first-order valence-corrected chi connectivity index (χ1v) is 7.30. The summed E-state index contributed by atoms with van der Waals surface area (Å²) in [5.41, 5.74) is 8.81. The van der Waals surface area contributed by atoms with Crippen LogP contribution in [0, 0.1) is 6.92 Å². The highest BCUT2D eigenvalue weighted by atomic mass is 35.5. The summed E-state index contributed by atoms with van der Waals surface area (Å²) >= 11 is 5.94. The molecule has 0 heterocycles. The smallest absolute Gasteiger partial charge is 0.241 e. The van der Waals surface area contributed by atoms with Crippen molar-refractivity contribution < 1.29 is 4.79 Å². The Kier molecular flexibility index (Phi) is 5.37. The Morgan fingerprint density at radius 2 is 1.95 bits per heavy atom. The molecule has 0 aromatic heterocycles. The van der Waals surface area contributed by atoms with Crippen LogP contribution in [-0.2, 0) is 11.2 Å². The molecule has 0 aliphatic heterocycles. The number of anilines is 1. The second kappa shape index (κ2) is 7.25. The molecule has 0 aliphatic carbocycles. The second-order valence-corrected chi connectivity index (χ2v) is 5.52. The standard InChI is InChI=1S/C17H19ClN2O/c1-12-7-9-14(18)11-16(12)20-17(21)15(19)10-8-13-5-3-2-4-6-13/h2-7,9,11,15H,8,10,19H2,1H3,(H,20,21)/t15-/m0/s1. The molecular weight excluding hydrogens is 284 g/mol. The summed E-state index contributed by atoms with van der Waals surface area (Å²) in [6.07, 6.45) is 1.39. The van der Waals surface area contributed by atoms with E-state index in [0.29, 0.717) is 17.1 Å². The van der Waals surface area contributed by atoms with Crippen molar-refractivity contribution >= 4 is 23.2 Å². The molecule has 2 aromatic carbocycles. The van der Waals surface area contributed by atoms with Crippen LogP contribution in [0.3, 0.4) is 0 Å². The third-order valence-corrected chi connectivity index (χ3v) is 3.62. The van der Waals surface area contributed by atoms with Gasteiger partial charge in [0, 0.05) is 10.7 Å². The number of carbonyl (C=O) groups is 1. The molecule has 1 atom stereocenters. The average Bonchev–Trinajstić information content (AvgIpc) is 2.49. The average molecular weight is 303 g/mol. The van der Waals surface area contributed by atoms with Gasteiger partial charge in [-0.1, -0.05) is 48.0 Å². The maximum Gasteiger partial charge on any atom is 0.241 e. The summed E-state index contributed by atoms with van der Waals surface area (Å²) in [7, 11) is 0. The van der Waals surface area contributed by atoms with Gasteiger partial charge in [-0.3, -0.25) is 4.79 Å². The number of aryl methyl sites for hydroxylation is 2. The zero-order valence-corrected chi connectivity index (χ0v) is 12.7.